The molecule has 4 heteroatoms. The lowest BCUT2D eigenvalue weighted by Gasteiger charge is -2.07. The summed E-state index contributed by atoms with van der Waals surface area (Å²) in [4.78, 5) is 35.1. The molecule has 2 aromatic carbocycles. The zero-order valence-corrected chi connectivity index (χ0v) is 13.6. The number of carbonyl (C=O) groups is 3. The molecule has 0 saturated carbocycles. The average Bonchev–Trinajstić information content (AvgIpc) is 2.60. The van der Waals surface area contributed by atoms with Crippen LogP contribution >= 0.6 is 0 Å². The van der Waals surface area contributed by atoms with Crippen molar-refractivity contribution in [1.29, 1.82) is 0 Å². The summed E-state index contributed by atoms with van der Waals surface area (Å²) in [7, 11) is 1.15. The number of ketones is 2. The number of methoxy groups -OCH3 is 1. The Kier molecular flexibility index (Phi) is 5.79. The van der Waals surface area contributed by atoms with Gasteiger partial charge in [-0.3, -0.25) is 14.4 Å². The third-order valence-electron chi connectivity index (χ3n) is 3.56. The average molecular weight is 322 g/mol. The van der Waals surface area contributed by atoms with Crippen LogP contribution in [0.4, 0.5) is 0 Å². The van der Waals surface area contributed by atoms with Gasteiger partial charge in [-0.15, -0.1) is 0 Å². The van der Waals surface area contributed by atoms with Crippen LogP contribution in [0.2, 0.25) is 0 Å². The molecule has 122 valence electrons. The topological polar surface area (TPSA) is 60.4 Å². The minimum atomic E-state index is -1.40. The Morgan fingerprint density at radius 3 is 2.25 bits per heavy atom. The highest BCUT2D eigenvalue weighted by Crippen LogP contribution is 2.20. The SMILES string of the molecule is COC(=O)[C@@H](C(C)=O)C(=O)C=Cc1cccc(-c2ccccc2)c1. The van der Waals surface area contributed by atoms with Crippen LogP contribution in [0.15, 0.2) is 60.7 Å². The van der Waals surface area contributed by atoms with E-state index in [1.165, 1.54) is 13.0 Å². The fourth-order valence-corrected chi connectivity index (χ4v) is 2.33. The van der Waals surface area contributed by atoms with Crippen molar-refractivity contribution in [3.63, 3.8) is 0 Å². The van der Waals surface area contributed by atoms with Crippen LogP contribution in [0.25, 0.3) is 17.2 Å². The number of esters is 1. The maximum atomic E-state index is 12.1. The molecule has 0 heterocycles. The number of hydrogen-bond acceptors (Lipinski definition) is 4. The molecule has 0 aliphatic rings. The van der Waals surface area contributed by atoms with Gasteiger partial charge in [0.15, 0.2) is 17.5 Å². The van der Waals surface area contributed by atoms with Crippen LogP contribution in [0.3, 0.4) is 0 Å². The van der Waals surface area contributed by atoms with Crippen LogP contribution in [-0.2, 0) is 19.1 Å². The molecule has 0 radical (unpaired) electrons. The molecule has 0 aliphatic heterocycles. The van der Waals surface area contributed by atoms with E-state index in [0.29, 0.717) is 0 Å². The van der Waals surface area contributed by atoms with Crippen LogP contribution in [-0.4, -0.2) is 24.6 Å². The molecule has 0 saturated heterocycles. The first-order valence-corrected chi connectivity index (χ1v) is 7.48. The summed E-state index contributed by atoms with van der Waals surface area (Å²) in [5, 5.41) is 0. The third-order valence-corrected chi connectivity index (χ3v) is 3.56. The zero-order chi connectivity index (χ0) is 17.5. The summed E-state index contributed by atoms with van der Waals surface area (Å²) in [6, 6.07) is 17.5. The van der Waals surface area contributed by atoms with E-state index in [4.69, 9.17) is 0 Å². The van der Waals surface area contributed by atoms with Crippen molar-refractivity contribution in [2.24, 2.45) is 5.92 Å². The standard InChI is InChI=1S/C20H18O4/c1-14(21)19(20(23)24-2)18(22)12-11-15-7-6-10-17(13-15)16-8-4-3-5-9-16/h3-13,19H,1-2H3/t19-/m0/s1. The molecule has 4 nitrogen and oxygen atoms in total. The summed E-state index contributed by atoms with van der Waals surface area (Å²) in [6.07, 6.45) is 2.83. The maximum Gasteiger partial charge on any atom is 0.324 e. The fraction of sp³-hybridized carbons (Fsp3) is 0.150. The van der Waals surface area contributed by atoms with Crippen molar-refractivity contribution in [3.8, 4) is 11.1 Å². The molecule has 0 spiro atoms. The quantitative estimate of drug-likeness (QED) is 0.465. The lowest BCUT2D eigenvalue weighted by atomic mass is 9.98. The van der Waals surface area contributed by atoms with E-state index in [2.05, 4.69) is 4.74 Å². The summed E-state index contributed by atoms with van der Waals surface area (Å²) in [5.74, 6) is -3.35. The van der Waals surface area contributed by atoms with Crippen LogP contribution in [0, 0.1) is 5.92 Å². The molecule has 2 aromatic rings. The van der Waals surface area contributed by atoms with Crippen molar-refractivity contribution in [3.05, 3.63) is 66.2 Å². The first kappa shape index (κ1) is 17.3. The Labute approximate surface area is 140 Å². The van der Waals surface area contributed by atoms with E-state index in [9.17, 15) is 14.4 Å². The maximum absolute atomic E-state index is 12.1. The van der Waals surface area contributed by atoms with Crippen LogP contribution < -0.4 is 0 Å². The molecule has 24 heavy (non-hydrogen) atoms. The van der Waals surface area contributed by atoms with Crippen molar-refractivity contribution in [1.82, 2.24) is 0 Å². The molecular weight excluding hydrogens is 304 g/mol. The van der Waals surface area contributed by atoms with Crippen molar-refractivity contribution in [2.45, 2.75) is 6.92 Å². The van der Waals surface area contributed by atoms with Gasteiger partial charge in [0.1, 0.15) is 0 Å². The van der Waals surface area contributed by atoms with E-state index >= 15 is 0 Å². The number of rotatable bonds is 6. The van der Waals surface area contributed by atoms with Gasteiger partial charge in [-0.05, 0) is 35.8 Å². The highest BCUT2D eigenvalue weighted by Gasteiger charge is 2.30. The van der Waals surface area contributed by atoms with Gasteiger partial charge in [-0.1, -0.05) is 54.6 Å². The first-order valence-electron chi connectivity index (χ1n) is 7.48. The number of carbonyl (C=O) groups excluding carboxylic acids is 3. The van der Waals surface area contributed by atoms with E-state index in [1.54, 1.807) is 6.08 Å². The molecule has 1 atom stereocenters. The predicted octanol–water partition coefficient (Wildman–Crippen LogP) is 3.31. The number of benzene rings is 2. The predicted molar refractivity (Wildman–Crippen MR) is 92.1 cm³/mol. The second-order valence-electron chi connectivity index (χ2n) is 5.29. The molecule has 0 amide bonds. The van der Waals surface area contributed by atoms with Gasteiger partial charge in [0.25, 0.3) is 0 Å². The normalized spacial score (nSPS) is 11.9. The number of ether oxygens (including phenoxy) is 1. The van der Waals surface area contributed by atoms with E-state index in [0.717, 1.165) is 23.8 Å². The second-order valence-corrected chi connectivity index (χ2v) is 5.29. The van der Waals surface area contributed by atoms with Gasteiger partial charge in [-0.2, -0.15) is 0 Å². The van der Waals surface area contributed by atoms with Crippen LogP contribution in [0.1, 0.15) is 12.5 Å². The second kappa shape index (κ2) is 8.02. The molecule has 0 unspecified atom stereocenters. The Bertz CT molecular complexity index is 775. The van der Waals surface area contributed by atoms with E-state index in [1.807, 2.05) is 54.6 Å². The molecule has 0 N–H and O–H groups in total. The lowest BCUT2D eigenvalue weighted by molar-refractivity contribution is -0.151. The lowest BCUT2D eigenvalue weighted by Crippen LogP contribution is -2.30. The van der Waals surface area contributed by atoms with Gasteiger partial charge >= 0.3 is 5.97 Å². The Morgan fingerprint density at radius 1 is 0.958 bits per heavy atom. The number of hydrogen-bond donors (Lipinski definition) is 0. The minimum Gasteiger partial charge on any atom is -0.468 e. The highest BCUT2D eigenvalue weighted by molar-refractivity contribution is 6.20. The smallest absolute Gasteiger partial charge is 0.324 e. The molecule has 0 bridgehead atoms. The number of allylic oxidation sites excluding steroid dienone is 1. The Morgan fingerprint density at radius 2 is 1.62 bits per heavy atom. The van der Waals surface area contributed by atoms with Gasteiger partial charge in [0.2, 0.25) is 0 Å². The summed E-state index contributed by atoms with van der Waals surface area (Å²) in [6.45, 7) is 1.20. The van der Waals surface area contributed by atoms with Crippen LogP contribution in [0.5, 0.6) is 0 Å². The van der Waals surface area contributed by atoms with Crippen molar-refractivity contribution >= 4 is 23.6 Å². The van der Waals surface area contributed by atoms with Crippen molar-refractivity contribution < 1.29 is 19.1 Å². The Balaban J connectivity index is 2.21. The van der Waals surface area contributed by atoms with Gasteiger partial charge in [0.05, 0.1) is 7.11 Å². The number of Topliss-reactive ketones (excluding diaryl/α,β-unsaturated/α-hetero) is 1. The zero-order valence-electron chi connectivity index (χ0n) is 13.6. The third kappa shape index (κ3) is 4.26. The monoisotopic (exact) mass is 322 g/mol. The summed E-state index contributed by atoms with van der Waals surface area (Å²) >= 11 is 0. The Hall–Kier alpha value is -3.01. The van der Waals surface area contributed by atoms with Gasteiger partial charge < -0.3 is 4.74 Å². The van der Waals surface area contributed by atoms with Gasteiger partial charge in [-0.25, -0.2) is 0 Å². The highest BCUT2D eigenvalue weighted by atomic mass is 16.5. The minimum absolute atomic E-state index is 0.533. The first-order chi connectivity index (χ1) is 11.5. The van der Waals surface area contributed by atoms with Crippen molar-refractivity contribution in [2.75, 3.05) is 7.11 Å². The molecule has 0 aromatic heterocycles. The van der Waals surface area contributed by atoms with Gasteiger partial charge in [0, 0.05) is 0 Å². The fourth-order valence-electron chi connectivity index (χ4n) is 2.33. The molecule has 0 aliphatic carbocycles. The molecule has 2 rings (SSSR count). The van der Waals surface area contributed by atoms with E-state index < -0.39 is 23.5 Å². The largest absolute Gasteiger partial charge is 0.468 e. The summed E-state index contributed by atoms with van der Waals surface area (Å²) in [5.41, 5.74) is 2.88. The molecule has 0 fully saturated rings. The summed E-state index contributed by atoms with van der Waals surface area (Å²) < 4.78 is 4.51. The van der Waals surface area contributed by atoms with E-state index in [-0.39, 0.29) is 0 Å². The molecular formula is C20H18O4.